The predicted molar refractivity (Wildman–Crippen MR) is 128 cm³/mol. The molecule has 0 radical (unpaired) electrons. The maximum absolute atomic E-state index is 14.0. The molecule has 0 heterocycles. The van der Waals surface area contributed by atoms with Crippen LogP contribution in [0.4, 0.5) is 13.2 Å². The van der Waals surface area contributed by atoms with Crippen molar-refractivity contribution in [2.45, 2.75) is 26.8 Å². The molecule has 176 valence electrons. The molecule has 0 saturated heterocycles. The van der Waals surface area contributed by atoms with E-state index >= 15 is 0 Å². The molecule has 2 aromatic rings. The third-order valence-electron chi connectivity index (χ3n) is 4.38. The Labute approximate surface area is 192 Å². The van der Waals surface area contributed by atoms with E-state index in [1.54, 1.807) is 20.0 Å². The lowest BCUT2D eigenvalue weighted by molar-refractivity contribution is 0.101. The molecular formula is C25H28F3N3O2. The molecule has 2 aromatic carbocycles. The summed E-state index contributed by atoms with van der Waals surface area (Å²) in [6.45, 7) is 14.5. The molecule has 8 heteroatoms. The monoisotopic (exact) mass is 459 g/mol. The van der Waals surface area contributed by atoms with E-state index in [9.17, 15) is 18.0 Å². The summed E-state index contributed by atoms with van der Waals surface area (Å²) in [5, 5.41) is 5.19. The van der Waals surface area contributed by atoms with Gasteiger partial charge in [-0.15, -0.1) is 0 Å². The number of alkyl halides is 2. The van der Waals surface area contributed by atoms with E-state index in [1.165, 1.54) is 17.1 Å². The van der Waals surface area contributed by atoms with Gasteiger partial charge >= 0.3 is 6.43 Å². The number of allylic oxidation sites excluding steroid dienone is 1. The molecule has 0 aliphatic heterocycles. The molecule has 0 atom stereocenters. The van der Waals surface area contributed by atoms with E-state index in [0.717, 1.165) is 23.7 Å². The fourth-order valence-corrected chi connectivity index (χ4v) is 2.57. The lowest BCUT2D eigenvalue weighted by Gasteiger charge is -2.14. The number of rotatable bonds is 8. The Morgan fingerprint density at radius 2 is 1.76 bits per heavy atom. The highest BCUT2D eigenvalue weighted by Gasteiger charge is 2.18. The van der Waals surface area contributed by atoms with Crippen molar-refractivity contribution in [3.8, 4) is 0 Å². The van der Waals surface area contributed by atoms with E-state index in [2.05, 4.69) is 30.0 Å². The molecule has 0 spiro atoms. The third kappa shape index (κ3) is 8.76. The molecule has 0 saturated carbocycles. The number of carbonyl (C=O) groups is 1. The summed E-state index contributed by atoms with van der Waals surface area (Å²) in [5.74, 6) is -1.56. The maximum Gasteiger partial charge on any atom is 0.312 e. The summed E-state index contributed by atoms with van der Waals surface area (Å²) in [7, 11) is 2.85. The smallest absolute Gasteiger partial charge is 0.312 e. The molecule has 5 nitrogen and oxygen atoms in total. The van der Waals surface area contributed by atoms with Gasteiger partial charge in [-0.2, -0.15) is 13.9 Å². The number of nitrogens with zero attached hydrogens (tertiary/aromatic N) is 3. The molecule has 0 amide bonds. The fourth-order valence-electron chi connectivity index (χ4n) is 2.57. The van der Waals surface area contributed by atoms with Gasteiger partial charge in [0.05, 0.1) is 12.1 Å². The van der Waals surface area contributed by atoms with Crippen LogP contribution < -0.4 is 0 Å². The average molecular weight is 460 g/mol. The molecule has 0 fully saturated rings. The lowest BCUT2D eigenvalue weighted by atomic mass is 10.0. The maximum atomic E-state index is 14.0. The van der Waals surface area contributed by atoms with E-state index in [0.29, 0.717) is 12.1 Å². The number of hydrazone groups is 1. The van der Waals surface area contributed by atoms with Crippen LogP contribution in [0.15, 0.2) is 65.7 Å². The first-order valence-corrected chi connectivity index (χ1v) is 9.85. The third-order valence-corrected chi connectivity index (χ3v) is 4.38. The highest BCUT2D eigenvalue weighted by Crippen LogP contribution is 2.21. The number of carbonyl (C=O) groups excluding carboxylic acids is 1. The Morgan fingerprint density at radius 1 is 1.12 bits per heavy atom. The van der Waals surface area contributed by atoms with Crippen molar-refractivity contribution in [3.05, 3.63) is 83.7 Å². The van der Waals surface area contributed by atoms with Crippen LogP contribution in [0.2, 0.25) is 0 Å². The number of ketones is 1. The summed E-state index contributed by atoms with van der Waals surface area (Å²) in [6.07, 6.45) is -2.89. The Bertz CT molecular complexity index is 1020. The molecule has 0 bridgehead atoms. The quantitative estimate of drug-likeness (QED) is 0.158. The number of aliphatic imine (C=N–C) groups is 1. The van der Waals surface area contributed by atoms with Crippen LogP contribution in [-0.4, -0.2) is 43.9 Å². The van der Waals surface area contributed by atoms with Crippen molar-refractivity contribution < 1.29 is 22.7 Å². The second-order valence-electron chi connectivity index (χ2n) is 7.08. The summed E-state index contributed by atoms with van der Waals surface area (Å²) in [5.41, 5.74) is 3.41. The van der Waals surface area contributed by atoms with Gasteiger partial charge in [-0.1, -0.05) is 43.0 Å². The van der Waals surface area contributed by atoms with Crippen LogP contribution in [0.1, 0.15) is 40.9 Å². The highest BCUT2D eigenvalue weighted by atomic mass is 19.3. The van der Waals surface area contributed by atoms with Gasteiger partial charge in [0.15, 0.2) is 5.78 Å². The zero-order valence-electron chi connectivity index (χ0n) is 19.2. The first-order valence-electron chi connectivity index (χ1n) is 9.85. The largest absolute Gasteiger partial charge is 0.438 e. The molecule has 2 rings (SSSR count). The van der Waals surface area contributed by atoms with Gasteiger partial charge in [0, 0.05) is 26.4 Å². The highest BCUT2D eigenvalue weighted by molar-refractivity contribution is 5.94. The van der Waals surface area contributed by atoms with Gasteiger partial charge in [0.2, 0.25) is 0 Å². The molecule has 33 heavy (non-hydrogen) atoms. The number of Topliss-reactive ketones (excluding diaryl/α,β-unsaturated/α-hetero) is 1. The zero-order valence-corrected chi connectivity index (χ0v) is 19.2. The van der Waals surface area contributed by atoms with Crippen molar-refractivity contribution in [3.63, 3.8) is 0 Å². The number of halogens is 3. The van der Waals surface area contributed by atoms with Gasteiger partial charge in [0.1, 0.15) is 11.6 Å². The SMILES string of the molecule is C=C(C)c1cccc(C(C)=O)c1.C=NN(C)Cc1ccc(C(=C)OC(=NC)C(F)F)c(F)c1. The molecule has 0 aromatic heterocycles. The van der Waals surface area contributed by atoms with Crippen molar-refractivity contribution in [1.82, 2.24) is 5.01 Å². The average Bonchev–Trinajstić information content (AvgIpc) is 2.77. The van der Waals surface area contributed by atoms with Gasteiger partial charge < -0.3 is 4.74 Å². The van der Waals surface area contributed by atoms with Crippen LogP contribution in [0.25, 0.3) is 11.3 Å². The van der Waals surface area contributed by atoms with Crippen LogP contribution in [0.5, 0.6) is 0 Å². The minimum atomic E-state index is -2.89. The second-order valence-corrected chi connectivity index (χ2v) is 7.08. The van der Waals surface area contributed by atoms with Crippen LogP contribution in [0.3, 0.4) is 0 Å². The molecule has 0 aliphatic carbocycles. The zero-order chi connectivity index (χ0) is 25.1. The molecule has 0 N–H and O–H groups in total. The fraction of sp³-hybridized carbons (Fsp3) is 0.240. The Morgan fingerprint density at radius 3 is 2.24 bits per heavy atom. The number of hydrogen-bond donors (Lipinski definition) is 0. The first kappa shape index (κ1) is 27.4. The standard InChI is InChI=1S/C14H16F3N3O.C11H12O/c1-9(21-14(18-2)13(16)17)11-6-5-10(7-12(11)15)8-20(4)19-3;1-8(2)10-5-4-6-11(7-10)9(3)12/h5-7,13H,1,3,8H2,2,4H3;4-7H,1H2,2-3H3. The van der Waals surface area contributed by atoms with Crippen molar-refractivity contribution in [2.75, 3.05) is 14.1 Å². The summed E-state index contributed by atoms with van der Waals surface area (Å²) >= 11 is 0. The molecular weight excluding hydrogens is 431 g/mol. The van der Waals surface area contributed by atoms with E-state index in [-0.39, 0.29) is 17.1 Å². The summed E-state index contributed by atoms with van der Waals surface area (Å²) < 4.78 is 43.8. The second kappa shape index (κ2) is 13.0. The number of ether oxygens (including phenoxy) is 1. The summed E-state index contributed by atoms with van der Waals surface area (Å²) in [6, 6.07) is 11.8. The lowest BCUT2D eigenvalue weighted by Crippen LogP contribution is -2.14. The number of hydrogen-bond acceptors (Lipinski definition) is 5. The normalized spacial score (nSPS) is 10.7. The van der Waals surface area contributed by atoms with Crippen LogP contribution in [0, 0.1) is 5.82 Å². The topological polar surface area (TPSA) is 54.3 Å². The van der Waals surface area contributed by atoms with E-state index in [1.807, 2.05) is 31.2 Å². The van der Waals surface area contributed by atoms with E-state index in [4.69, 9.17) is 4.74 Å². The van der Waals surface area contributed by atoms with Gasteiger partial charge in [-0.25, -0.2) is 4.39 Å². The van der Waals surface area contributed by atoms with Crippen molar-refractivity contribution in [1.29, 1.82) is 0 Å². The minimum absolute atomic E-state index is 0.00485. The van der Waals surface area contributed by atoms with Crippen molar-refractivity contribution in [2.24, 2.45) is 10.1 Å². The minimum Gasteiger partial charge on any atom is -0.438 e. The van der Waals surface area contributed by atoms with Gasteiger partial charge in [0.25, 0.3) is 5.90 Å². The van der Waals surface area contributed by atoms with Crippen LogP contribution in [-0.2, 0) is 11.3 Å². The van der Waals surface area contributed by atoms with Crippen LogP contribution >= 0.6 is 0 Å². The Balaban J connectivity index is 0.000000383. The van der Waals surface area contributed by atoms with Gasteiger partial charge in [-0.3, -0.25) is 14.8 Å². The predicted octanol–water partition coefficient (Wildman–Crippen LogP) is 6.08. The number of benzene rings is 2. The Kier molecular flexibility index (Phi) is 10.8. The van der Waals surface area contributed by atoms with Crippen molar-refractivity contribution >= 4 is 29.7 Å². The Hall–Kier alpha value is -3.68. The van der Waals surface area contributed by atoms with Gasteiger partial charge in [-0.05, 0) is 43.2 Å². The molecule has 0 aliphatic rings. The first-order chi connectivity index (χ1) is 15.5. The molecule has 0 unspecified atom stereocenters. The van der Waals surface area contributed by atoms with E-state index < -0.39 is 18.1 Å². The summed E-state index contributed by atoms with van der Waals surface area (Å²) in [4.78, 5) is 14.3.